The molecule has 0 aromatic heterocycles. The molecule has 1 aliphatic carbocycles. The van der Waals surface area contributed by atoms with E-state index in [0.29, 0.717) is 11.1 Å². The van der Waals surface area contributed by atoms with E-state index in [0.717, 1.165) is 50.4 Å². The molecule has 2 aliphatic rings. The second-order valence-corrected chi connectivity index (χ2v) is 6.81. The summed E-state index contributed by atoms with van der Waals surface area (Å²) in [5, 5.41) is 0. The number of rotatable bonds is 5. The van der Waals surface area contributed by atoms with E-state index in [4.69, 9.17) is 0 Å². The summed E-state index contributed by atoms with van der Waals surface area (Å²) in [7, 11) is 0. The van der Waals surface area contributed by atoms with Crippen molar-refractivity contribution in [3.8, 4) is 0 Å². The third kappa shape index (κ3) is 3.81. The molecule has 0 unspecified atom stereocenters. The third-order valence-corrected chi connectivity index (χ3v) is 5.32. The summed E-state index contributed by atoms with van der Waals surface area (Å²) in [4.78, 5) is 27.3. The van der Waals surface area contributed by atoms with Gasteiger partial charge in [-0.05, 0) is 24.8 Å². The summed E-state index contributed by atoms with van der Waals surface area (Å²) >= 11 is 0. The lowest BCUT2D eigenvalue weighted by molar-refractivity contribution is 0.109. The molecule has 0 N–H and O–H groups in total. The zero-order valence-corrected chi connectivity index (χ0v) is 13.7. The zero-order valence-electron chi connectivity index (χ0n) is 13.7. The van der Waals surface area contributed by atoms with E-state index in [1.165, 1.54) is 38.6 Å². The molecule has 23 heavy (non-hydrogen) atoms. The van der Waals surface area contributed by atoms with Crippen molar-refractivity contribution in [2.24, 2.45) is 5.92 Å². The summed E-state index contributed by atoms with van der Waals surface area (Å²) < 4.78 is 0. The Kier molecular flexibility index (Phi) is 5.44. The Balaban J connectivity index is 1.60. The summed E-state index contributed by atoms with van der Waals surface area (Å²) in [6.45, 7) is 5.16. The van der Waals surface area contributed by atoms with Crippen LogP contribution in [0.4, 0.5) is 5.69 Å². The SMILES string of the molecule is O=Cc1cccc(N2CCN(CC3CCCCC3)CC2)c1C=O. The average molecular weight is 314 g/mol. The predicted molar refractivity (Wildman–Crippen MR) is 92.4 cm³/mol. The average Bonchev–Trinajstić information content (AvgIpc) is 2.62. The van der Waals surface area contributed by atoms with E-state index >= 15 is 0 Å². The smallest absolute Gasteiger partial charge is 0.152 e. The number of carbonyl (C=O) groups excluding carboxylic acids is 2. The predicted octanol–water partition coefficient (Wildman–Crippen LogP) is 3.01. The van der Waals surface area contributed by atoms with E-state index in [9.17, 15) is 9.59 Å². The summed E-state index contributed by atoms with van der Waals surface area (Å²) in [6, 6.07) is 5.52. The molecule has 4 nitrogen and oxygen atoms in total. The largest absolute Gasteiger partial charge is 0.368 e. The van der Waals surface area contributed by atoms with Gasteiger partial charge in [-0.3, -0.25) is 14.5 Å². The van der Waals surface area contributed by atoms with Gasteiger partial charge in [0.1, 0.15) is 0 Å². The van der Waals surface area contributed by atoms with Crippen LogP contribution < -0.4 is 4.90 Å². The quantitative estimate of drug-likeness (QED) is 0.783. The highest BCUT2D eigenvalue weighted by Gasteiger charge is 2.23. The van der Waals surface area contributed by atoms with Crippen LogP contribution in [0.5, 0.6) is 0 Å². The molecule has 2 fully saturated rings. The molecule has 1 heterocycles. The summed E-state index contributed by atoms with van der Waals surface area (Å²) in [5.74, 6) is 0.874. The van der Waals surface area contributed by atoms with Gasteiger partial charge in [0.25, 0.3) is 0 Å². The van der Waals surface area contributed by atoms with Gasteiger partial charge in [-0.1, -0.05) is 31.4 Å². The van der Waals surface area contributed by atoms with Gasteiger partial charge < -0.3 is 4.90 Å². The highest BCUT2D eigenvalue weighted by atomic mass is 16.1. The first-order valence-electron chi connectivity index (χ1n) is 8.82. The van der Waals surface area contributed by atoms with Crippen molar-refractivity contribution < 1.29 is 9.59 Å². The molecule has 0 atom stereocenters. The monoisotopic (exact) mass is 314 g/mol. The van der Waals surface area contributed by atoms with Crippen LogP contribution in [-0.2, 0) is 0 Å². The Morgan fingerprint density at radius 3 is 2.35 bits per heavy atom. The van der Waals surface area contributed by atoms with Gasteiger partial charge in [0.2, 0.25) is 0 Å². The van der Waals surface area contributed by atoms with Crippen molar-refractivity contribution in [2.75, 3.05) is 37.6 Å². The van der Waals surface area contributed by atoms with E-state index in [-0.39, 0.29) is 0 Å². The lowest BCUT2D eigenvalue weighted by Gasteiger charge is -2.38. The van der Waals surface area contributed by atoms with Gasteiger partial charge >= 0.3 is 0 Å². The molecule has 0 radical (unpaired) electrons. The van der Waals surface area contributed by atoms with Crippen LogP contribution in [0.15, 0.2) is 18.2 Å². The molecule has 3 rings (SSSR count). The molecule has 124 valence electrons. The van der Waals surface area contributed by atoms with Crippen molar-refractivity contribution in [3.63, 3.8) is 0 Å². The first-order valence-corrected chi connectivity index (χ1v) is 8.82. The molecular formula is C19H26N2O2. The highest BCUT2D eigenvalue weighted by Crippen LogP contribution is 2.26. The zero-order chi connectivity index (χ0) is 16.1. The third-order valence-electron chi connectivity index (χ3n) is 5.32. The Hall–Kier alpha value is -1.68. The maximum Gasteiger partial charge on any atom is 0.152 e. The number of aldehydes is 2. The van der Waals surface area contributed by atoms with Crippen molar-refractivity contribution in [1.29, 1.82) is 0 Å². The number of benzene rings is 1. The minimum absolute atomic E-state index is 0.488. The molecule has 1 aliphatic heterocycles. The molecule has 1 saturated carbocycles. The van der Waals surface area contributed by atoms with Gasteiger partial charge in [0, 0.05) is 49.5 Å². The minimum Gasteiger partial charge on any atom is -0.368 e. The van der Waals surface area contributed by atoms with Crippen LogP contribution in [0, 0.1) is 5.92 Å². The minimum atomic E-state index is 0.488. The number of nitrogens with zero attached hydrogens (tertiary/aromatic N) is 2. The lowest BCUT2D eigenvalue weighted by atomic mass is 9.89. The van der Waals surface area contributed by atoms with Crippen LogP contribution in [0.1, 0.15) is 52.8 Å². The molecule has 4 heteroatoms. The highest BCUT2D eigenvalue weighted by molar-refractivity contribution is 5.96. The maximum atomic E-state index is 11.4. The molecule has 1 aromatic carbocycles. The van der Waals surface area contributed by atoms with E-state index in [2.05, 4.69) is 9.80 Å². The lowest BCUT2D eigenvalue weighted by Crippen LogP contribution is -2.48. The Bertz CT molecular complexity index is 544. The van der Waals surface area contributed by atoms with Crippen molar-refractivity contribution in [2.45, 2.75) is 32.1 Å². The second kappa shape index (κ2) is 7.73. The number of hydrogen-bond acceptors (Lipinski definition) is 4. The fourth-order valence-corrected chi connectivity index (χ4v) is 3.98. The fourth-order valence-electron chi connectivity index (χ4n) is 3.98. The van der Waals surface area contributed by atoms with Crippen LogP contribution >= 0.6 is 0 Å². The van der Waals surface area contributed by atoms with Crippen LogP contribution in [0.2, 0.25) is 0 Å². The summed E-state index contributed by atoms with van der Waals surface area (Å²) in [6.07, 6.45) is 8.55. The molecule has 1 aromatic rings. The normalized spacial score (nSPS) is 20.4. The molecule has 1 saturated heterocycles. The standard InChI is InChI=1S/C19H26N2O2/c22-14-17-7-4-8-19(18(17)15-23)21-11-9-20(10-12-21)13-16-5-2-1-3-6-16/h4,7-8,14-16H,1-3,5-6,9-13H2. The van der Waals surface area contributed by atoms with Gasteiger partial charge in [0.15, 0.2) is 12.6 Å². The topological polar surface area (TPSA) is 40.6 Å². The fraction of sp³-hybridized carbons (Fsp3) is 0.579. The molecule has 0 amide bonds. The van der Waals surface area contributed by atoms with Crippen molar-refractivity contribution >= 4 is 18.3 Å². The Morgan fingerprint density at radius 1 is 0.957 bits per heavy atom. The van der Waals surface area contributed by atoms with Gasteiger partial charge in [0.05, 0.1) is 0 Å². The van der Waals surface area contributed by atoms with Gasteiger partial charge in [-0.2, -0.15) is 0 Å². The van der Waals surface area contributed by atoms with Crippen LogP contribution in [0.25, 0.3) is 0 Å². The molecular weight excluding hydrogens is 288 g/mol. The van der Waals surface area contributed by atoms with Crippen molar-refractivity contribution in [3.05, 3.63) is 29.3 Å². The molecule has 0 bridgehead atoms. The maximum absolute atomic E-state index is 11.4. The number of hydrogen-bond donors (Lipinski definition) is 0. The Labute approximate surface area is 138 Å². The number of piperazine rings is 1. The van der Waals surface area contributed by atoms with Crippen molar-refractivity contribution in [1.82, 2.24) is 4.90 Å². The van der Waals surface area contributed by atoms with E-state index in [1.807, 2.05) is 12.1 Å². The first kappa shape index (κ1) is 16.2. The number of anilines is 1. The number of carbonyl (C=O) groups is 2. The molecule has 0 spiro atoms. The van der Waals surface area contributed by atoms with Crippen LogP contribution in [0.3, 0.4) is 0 Å². The first-order chi connectivity index (χ1) is 11.3. The van der Waals surface area contributed by atoms with E-state index in [1.54, 1.807) is 6.07 Å². The van der Waals surface area contributed by atoms with Crippen LogP contribution in [-0.4, -0.2) is 50.2 Å². The van der Waals surface area contributed by atoms with Gasteiger partial charge in [-0.25, -0.2) is 0 Å². The van der Waals surface area contributed by atoms with Gasteiger partial charge in [-0.15, -0.1) is 0 Å². The Morgan fingerprint density at radius 2 is 1.70 bits per heavy atom. The second-order valence-electron chi connectivity index (χ2n) is 6.81. The van der Waals surface area contributed by atoms with E-state index < -0.39 is 0 Å². The summed E-state index contributed by atoms with van der Waals surface area (Å²) in [5.41, 5.74) is 1.92.